The van der Waals surface area contributed by atoms with Crippen molar-refractivity contribution in [2.45, 2.75) is 70.0 Å². The first-order chi connectivity index (χ1) is 15.0. The van der Waals surface area contributed by atoms with E-state index in [4.69, 9.17) is 19.2 Å². The van der Waals surface area contributed by atoms with Crippen molar-refractivity contribution in [1.29, 1.82) is 0 Å². The van der Waals surface area contributed by atoms with Crippen LogP contribution in [0.15, 0.2) is 24.3 Å². The highest BCUT2D eigenvalue weighted by molar-refractivity contribution is 6.46. The molecule has 5 rings (SSSR count). The molecular formula is C21H26BF6NO4. The molecule has 1 heterocycles. The van der Waals surface area contributed by atoms with E-state index in [-0.39, 0.29) is 23.1 Å². The van der Waals surface area contributed by atoms with Crippen molar-refractivity contribution in [3.63, 3.8) is 0 Å². The molecule has 1 aromatic carbocycles. The van der Waals surface area contributed by atoms with Gasteiger partial charge in [0.2, 0.25) is 0 Å². The van der Waals surface area contributed by atoms with Gasteiger partial charge in [-0.25, -0.2) is 0 Å². The Morgan fingerprint density at radius 2 is 1.82 bits per heavy atom. The Morgan fingerprint density at radius 1 is 1.21 bits per heavy atom. The van der Waals surface area contributed by atoms with Crippen LogP contribution in [0.5, 0.6) is 0 Å². The molecule has 0 radical (unpaired) electrons. The number of carbonyl (C=O) groups is 1. The third-order valence-corrected chi connectivity index (χ3v) is 7.34. The van der Waals surface area contributed by atoms with Gasteiger partial charge >= 0.3 is 19.5 Å². The normalized spacial score (nSPS) is 31.1. The van der Waals surface area contributed by atoms with E-state index in [1.54, 1.807) is 6.07 Å². The molecular weight excluding hydrogens is 455 g/mol. The fourth-order valence-electron chi connectivity index (χ4n) is 5.38. The second-order valence-corrected chi connectivity index (χ2v) is 9.78. The van der Waals surface area contributed by atoms with Gasteiger partial charge < -0.3 is 24.9 Å². The number of carboxylic acids is 1. The molecule has 0 amide bonds. The monoisotopic (exact) mass is 481 g/mol. The molecule has 5 nitrogen and oxygen atoms in total. The topological polar surface area (TPSA) is 86.2 Å². The Kier molecular flexibility index (Phi) is 6.62. The van der Waals surface area contributed by atoms with E-state index in [1.165, 1.54) is 18.6 Å². The summed E-state index contributed by atoms with van der Waals surface area (Å²) >= 11 is 0. The highest BCUT2D eigenvalue weighted by atomic mass is 19.4. The lowest BCUT2D eigenvalue weighted by Gasteiger charge is -2.64. The molecule has 3 saturated carbocycles. The van der Waals surface area contributed by atoms with E-state index in [0.29, 0.717) is 23.8 Å². The molecule has 0 aromatic heterocycles. The highest BCUT2D eigenvalue weighted by Crippen LogP contribution is 2.65. The first-order valence-electron chi connectivity index (χ1n) is 10.6. The maximum absolute atomic E-state index is 12.9. The van der Waals surface area contributed by atoms with E-state index in [1.807, 2.05) is 0 Å². The Hall–Kier alpha value is -1.79. The minimum Gasteiger partial charge on any atom is -0.542 e. The number of benzene rings is 1. The van der Waals surface area contributed by atoms with Gasteiger partial charge in [-0.3, -0.25) is 0 Å². The van der Waals surface area contributed by atoms with Crippen LogP contribution in [-0.4, -0.2) is 36.9 Å². The Bertz CT molecular complexity index is 892. The third-order valence-electron chi connectivity index (χ3n) is 7.34. The van der Waals surface area contributed by atoms with Gasteiger partial charge in [-0.05, 0) is 48.6 Å². The lowest BCUT2D eigenvalue weighted by atomic mass is 9.43. The molecule has 4 aliphatic rings. The van der Waals surface area contributed by atoms with Gasteiger partial charge in [0.05, 0.1) is 17.3 Å². The minimum atomic E-state index is -5.19. The quantitative estimate of drug-likeness (QED) is 0.531. The van der Waals surface area contributed by atoms with Crippen molar-refractivity contribution < 1.29 is 51.3 Å². The second-order valence-electron chi connectivity index (χ2n) is 9.78. The number of rotatable bonds is 3. The number of aliphatic carboxylic acids is 1. The molecule has 1 aromatic rings. The van der Waals surface area contributed by atoms with Gasteiger partial charge in [-0.2, -0.15) is 26.3 Å². The van der Waals surface area contributed by atoms with Gasteiger partial charge in [0.1, 0.15) is 11.9 Å². The first kappa shape index (κ1) is 25.8. The molecule has 3 aliphatic carbocycles. The van der Waals surface area contributed by atoms with Gasteiger partial charge in [-0.1, -0.05) is 32.0 Å². The average molecular weight is 481 g/mol. The zero-order valence-corrected chi connectivity index (χ0v) is 18.4. The van der Waals surface area contributed by atoms with Gasteiger partial charge in [0.25, 0.3) is 0 Å². The maximum Gasteiger partial charge on any atom is 0.521 e. The molecule has 184 valence electrons. The number of halogens is 6. The van der Waals surface area contributed by atoms with Crippen LogP contribution in [0.3, 0.4) is 0 Å². The molecule has 5 atom stereocenters. The van der Waals surface area contributed by atoms with E-state index >= 15 is 0 Å². The lowest BCUT2D eigenvalue weighted by Crippen LogP contribution is -2.70. The summed E-state index contributed by atoms with van der Waals surface area (Å²) in [7, 11) is -0.463. The fraction of sp³-hybridized carbons (Fsp3) is 0.667. The summed E-state index contributed by atoms with van der Waals surface area (Å²) in [5.41, 5.74) is 4.07. The third kappa shape index (κ3) is 5.02. The van der Waals surface area contributed by atoms with Crippen molar-refractivity contribution in [3.8, 4) is 0 Å². The van der Waals surface area contributed by atoms with Crippen molar-refractivity contribution in [1.82, 2.24) is 0 Å². The van der Waals surface area contributed by atoms with Gasteiger partial charge in [0, 0.05) is 6.42 Å². The van der Waals surface area contributed by atoms with E-state index in [0.717, 1.165) is 12.5 Å². The number of hydrogen-bond acceptors (Lipinski definition) is 4. The standard InChI is InChI=1S/C19H25BF3NO2.C2HF3O2/c1-17(2)13-9-14(17)18(3)15(10-13)25-20(26-18)16(24)8-11-5-4-6-12(7-11)19(21,22)23;3-2(4,5)1(6)7/h4-7,13-16H,8-10,24H2,1-3H3;(H,6,7)/t13-,14-,15+,16-,18-;/m0./s1. The summed E-state index contributed by atoms with van der Waals surface area (Å²) < 4.78 is 82.8. The van der Waals surface area contributed by atoms with Crippen LogP contribution in [0.25, 0.3) is 0 Å². The predicted molar refractivity (Wildman–Crippen MR) is 103 cm³/mol. The van der Waals surface area contributed by atoms with Gasteiger partial charge in [0.15, 0.2) is 0 Å². The molecule has 1 aliphatic heterocycles. The fourth-order valence-corrected chi connectivity index (χ4v) is 5.38. The molecule has 0 spiro atoms. The van der Waals surface area contributed by atoms with Crippen LogP contribution in [0.4, 0.5) is 26.3 Å². The molecule has 4 fully saturated rings. The summed E-state index contributed by atoms with van der Waals surface area (Å²) in [6.45, 7) is 6.74. The largest absolute Gasteiger partial charge is 0.542 e. The second kappa shape index (κ2) is 8.46. The summed E-state index contributed by atoms with van der Waals surface area (Å²) in [6.07, 6.45) is -6.90. The number of carboxylic acid groups (broad SMARTS) is 1. The Morgan fingerprint density at radius 3 is 2.33 bits per heavy atom. The summed E-state index contributed by atoms with van der Waals surface area (Å²) in [6, 6.07) is 5.44. The summed E-state index contributed by atoms with van der Waals surface area (Å²) in [4.78, 5) is 8.78. The Balaban J connectivity index is 0.000000383. The van der Waals surface area contributed by atoms with Crippen LogP contribution < -0.4 is 10.8 Å². The highest BCUT2D eigenvalue weighted by Gasteiger charge is 2.68. The predicted octanol–water partition coefficient (Wildman–Crippen LogP) is 2.42. The van der Waals surface area contributed by atoms with Crippen LogP contribution in [-0.2, 0) is 26.7 Å². The van der Waals surface area contributed by atoms with Crippen molar-refractivity contribution in [3.05, 3.63) is 35.4 Å². The first-order valence-corrected chi connectivity index (χ1v) is 10.6. The SMILES string of the molecule is CC1(C)[C@@H]2C[C@H]3OB([C@@H]([NH3+])Cc4cccc(C(F)(F)F)c4)O[C@@]3(C)[C@H]1C2.O=C([O-])C(F)(F)F. The van der Waals surface area contributed by atoms with E-state index in [9.17, 15) is 26.3 Å². The smallest absolute Gasteiger partial charge is 0.521 e. The number of hydrogen-bond donors (Lipinski definition) is 1. The average Bonchev–Trinajstić information content (AvgIpc) is 3.04. The molecule has 12 heteroatoms. The number of carbonyl (C=O) groups excluding carboxylic acids is 1. The van der Waals surface area contributed by atoms with E-state index < -0.39 is 31.0 Å². The number of quaternary nitrogens is 1. The maximum atomic E-state index is 12.9. The van der Waals surface area contributed by atoms with Crippen molar-refractivity contribution >= 4 is 13.1 Å². The lowest BCUT2D eigenvalue weighted by molar-refractivity contribution is -0.397. The zero-order valence-electron chi connectivity index (χ0n) is 18.4. The minimum absolute atomic E-state index is 0.0648. The van der Waals surface area contributed by atoms with Crippen LogP contribution >= 0.6 is 0 Å². The van der Waals surface area contributed by atoms with E-state index in [2.05, 4.69) is 26.5 Å². The molecule has 1 saturated heterocycles. The van der Waals surface area contributed by atoms with Crippen molar-refractivity contribution in [2.24, 2.45) is 17.3 Å². The molecule has 33 heavy (non-hydrogen) atoms. The molecule has 3 N–H and O–H groups in total. The number of alkyl halides is 6. The van der Waals surface area contributed by atoms with Crippen molar-refractivity contribution in [2.75, 3.05) is 0 Å². The molecule has 0 unspecified atom stereocenters. The zero-order chi connectivity index (χ0) is 25.0. The van der Waals surface area contributed by atoms with Crippen LogP contribution in [0.1, 0.15) is 44.7 Å². The van der Waals surface area contributed by atoms with Gasteiger partial charge in [-0.15, -0.1) is 0 Å². The summed E-state index contributed by atoms with van der Waals surface area (Å²) in [5, 5.41) is 8.78. The molecule has 2 bridgehead atoms. The van der Waals surface area contributed by atoms with Crippen LogP contribution in [0.2, 0.25) is 0 Å². The summed E-state index contributed by atoms with van der Waals surface area (Å²) in [5.74, 6) is -2.13. The van der Waals surface area contributed by atoms with Crippen LogP contribution in [0, 0.1) is 17.3 Å². The Labute approximate surface area is 187 Å².